The number of rotatable bonds is 2. The van der Waals surface area contributed by atoms with Gasteiger partial charge < -0.3 is 10.6 Å². The van der Waals surface area contributed by atoms with Crippen LogP contribution in [-0.2, 0) is 0 Å². The third-order valence-electron chi connectivity index (χ3n) is 3.17. The molecule has 2 unspecified atom stereocenters. The summed E-state index contributed by atoms with van der Waals surface area (Å²) in [4.78, 5) is 6.45. The summed E-state index contributed by atoms with van der Waals surface area (Å²) in [7, 11) is 0. The minimum absolute atomic E-state index is 0.208. The second kappa shape index (κ2) is 4.50. The summed E-state index contributed by atoms with van der Waals surface area (Å²) in [5, 5.41) is 9.01. The molecule has 0 bridgehead atoms. The van der Waals surface area contributed by atoms with Gasteiger partial charge in [0.15, 0.2) is 0 Å². The molecule has 1 aromatic rings. The predicted molar refractivity (Wildman–Crippen MR) is 62.9 cm³/mol. The molecule has 1 aliphatic heterocycles. The van der Waals surface area contributed by atoms with E-state index in [-0.39, 0.29) is 6.04 Å². The van der Waals surface area contributed by atoms with E-state index < -0.39 is 0 Å². The third kappa shape index (κ3) is 2.00. The van der Waals surface area contributed by atoms with E-state index in [0.29, 0.717) is 11.5 Å². The first-order valence-electron chi connectivity index (χ1n) is 5.58. The average molecular weight is 216 g/mol. The summed E-state index contributed by atoms with van der Waals surface area (Å²) in [6.07, 6.45) is 2.81. The van der Waals surface area contributed by atoms with Crippen LogP contribution in [0.5, 0.6) is 0 Å². The van der Waals surface area contributed by atoms with Gasteiger partial charge in [0, 0.05) is 25.3 Å². The van der Waals surface area contributed by atoms with Gasteiger partial charge in [0.2, 0.25) is 0 Å². The number of nitrogens with zero attached hydrogens (tertiary/aromatic N) is 3. The lowest BCUT2D eigenvalue weighted by atomic mass is 10.0. The molecule has 2 atom stereocenters. The van der Waals surface area contributed by atoms with Gasteiger partial charge in [-0.3, -0.25) is 0 Å². The topological polar surface area (TPSA) is 65.9 Å². The fourth-order valence-electron chi connectivity index (χ4n) is 2.15. The number of hydrogen-bond donors (Lipinski definition) is 1. The highest BCUT2D eigenvalue weighted by molar-refractivity contribution is 5.54. The lowest BCUT2D eigenvalue weighted by Gasteiger charge is -2.19. The molecule has 0 aliphatic carbocycles. The Morgan fingerprint density at radius 2 is 2.50 bits per heavy atom. The Morgan fingerprint density at radius 3 is 3.12 bits per heavy atom. The molecule has 4 nitrogen and oxygen atoms in total. The standard InChI is InChI=1S/C12H16N4/c1-9(14)11-4-6-16(8-11)12-10(7-13)3-2-5-15-12/h2-3,5,9,11H,4,6,8,14H2,1H3. The van der Waals surface area contributed by atoms with Crippen LogP contribution in [0.3, 0.4) is 0 Å². The van der Waals surface area contributed by atoms with Gasteiger partial charge in [0.25, 0.3) is 0 Å². The zero-order chi connectivity index (χ0) is 11.5. The van der Waals surface area contributed by atoms with Crippen LogP contribution in [0.2, 0.25) is 0 Å². The van der Waals surface area contributed by atoms with Crippen molar-refractivity contribution in [1.82, 2.24) is 4.98 Å². The predicted octanol–water partition coefficient (Wildman–Crippen LogP) is 1.13. The number of pyridine rings is 1. The minimum Gasteiger partial charge on any atom is -0.355 e. The van der Waals surface area contributed by atoms with Gasteiger partial charge in [-0.25, -0.2) is 4.98 Å². The van der Waals surface area contributed by atoms with Crippen molar-refractivity contribution < 1.29 is 0 Å². The minimum atomic E-state index is 0.208. The Balaban J connectivity index is 2.18. The Labute approximate surface area is 95.7 Å². The zero-order valence-electron chi connectivity index (χ0n) is 9.43. The normalized spacial score (nSPS) is 21.8. The quantitative estimate of drug-likeness (QED) is 0.804. The average Bonchev–Trinajstić information content (AvgIpc) is 2.78. The lowest BCUT2D eigenvalue weighted by molar-refractivity contribution is 0.488. The molecule has 84 valence electrons. The Bertz CT molecular complexity index is 408. The van der Waals surface area contributed by atoms with Gasteiger partial charge >= 0.3 is 0 Å². The fourth-order valence-corrected chi connectivity index (χ4v) is 2.15. The van der Waals surface area contributed by atoms with Crippen LogP contribution < -0.4 is 10.6 Å². The van der Waals surface area contributed by atoms with Crippen molar-refractivity contribution in [2.45, 2.75) is 19.4 Å². The SMILES string of the molecule is CC(N)C1CCN(c2ncccc2C#N)C1. The molecule has 4 heteroatoms. The van der Waals surface area contributed by atoms with Crippen molar-refractivity contribution in [2.75, 3.05) is 18.0 Å². The Morgan fingerprint density at radius 1 is 1.69 bits per heavy atom. The van der Waals surface area contributed by atoms with E-state index in [2.05, 4.69) is 16.0 Å². The zero-order valence-corrected chi connectivity index (χ0v) is 9.43. The van der Waals surface area contributed by atoms with Crippen LogP contribution in [0.1, 0.15) is 18.9 Å². The monoisotopic (exact) mass is 216 g/mol. The van der Waals surface area contributed by atoms with Crippen LogP contribution in [0.15, 0.2) is 18.3 Å². The number of anilines is 1. The Hall–Kier alpha value is -1.60. The highest BCUT2D eigenvalue weighted by Crippen LogP contribution is 2.25. The first kappa shape index (κ1) is 10.9. The highest BCUT2D eigenvalue weighted by atomic mass is 15.2. The molecule has 2 heterocycles. The van der Waals surface area contributed by atoms with E-state index in [1.165, 1.54) is 0 Å². The van der Waals surface area contributed by atoms with E-state index in [4.69, 9.17) is 11.0 Å². The summed E-state index contributed by atoms with van der Waals surface area (Å²) in [5.41, 5.74) is 6.54. The molecule has 1 saturated heterocycles. The van der Waals surface area contributed by atoms with Crippen LogP contribution >= 0.6 is 0 Å². The molecule has 0 saturated carbocycles. The van der Waals surface area contributed by atoms with Crippen molar-refractivity contribution >= 4 is 5.82 Å². The van der Waals surface area contributed by atoms with Gasteiger partial charge in [0.1, 0.15) is 11.9 Å². The van der Waals surface area contributed by atoms with Crippen LogP contribution in [0.25, 0.3) is 0 Å². The third-order valence-corrected chi connectivity index (χ3v) is 3.17. The summed E-state index contributed by atoms with van der Waals surface area (Å²) < 4.78 is 0. The summed E-state index contributed by atoms with van der Waals surface area (Å²) >= 11 is 0. The van der Waals surface area contributed by atoms with Crippen LogP contribution in [-0.4, -0.2) is 24.1 Å². The molecule has 1 aromatic heterocycles. The summed E-state index contributed by atoms with van der Waals surface area (Å²) in [5.74, 6) is 1.31. The molecule has 1 fully saturated rings. The van der Waals surface area contributed by atoms with Gasteiger partial charge in [-0.2, -0.15) is 5.26 Å². The molecule has 2 N–H and O–H groups in total. The number of aromatic nitrogens is 1. The number of nitrogens with two attached hydrogens (primary N) is 1. The number of nitriles is 1. The molecule has 0 radical (unpaired) electrons. The van der Waals surface area contributed by atoms with E-state index in [1.807, 2.05) is 13.0 Å². The van der Waals surface area contributed by atoms with Crippen LogP contribution in [0.4, 0.5) is 5.82 Å². The van der Waals surface area contributed by atoms with Crippen molar-refractivity contribution in [3.05, 3.63) is 23.9 Å². The van der Waals surface area contributed by atoms with Gasteiger partial charge in [0.05, 0.1) is 5.56 Å². The molecule has 0 aromatic carbocycles. The molecule has 2 rings (SSSR count). The van der Waals surface area contributed by atoms with Crippen molar-refractivity contribution in [3.63, 3.8) is 0 Å². The van der Waals surface area contributed by atoms with Gasteiger partial charge in [-0.1, -0.05) is 0 Å². The molecular weight excluding hydrogens is 200 g/mol. The van der Waals surface area contributed by atoms with Crippen molar-refractivity contribution in [3.8, 4) is 6.07 Å². The van der Waals surface area contributed by atoms with E-state index >= 15 is 0 Å². The second-order valence-corrected chi connectivity index (χ2v) is 4.34. The smallest absolute Gasteiger partial charge is 0.146 e. The maximum atomic E-state index is 9.01. The molecule has 0 spiro atoms. The summed E-state index contributed by atoms with van der Waals surface area (Å²) in [6.45, 7) is 3.89. The molecule has 16 heavy (non-hydrogen) atoms. The molecule has 1 aliphatic rings. The lowest BCUT2D eigenvalue weighted by Crippen LogP contribution is -2.30. The molecule has 0 amide bonds. The first-order valence-corrected chi connectivity index (χ1v) is 5.58. The van der Waals surface area contributed by atoms with Gasteiger partial charge in [-0.05, 0) is 31.4 Å². The Kier molecular flexibility index (Phi) is 3.07. The van der Waals surface area contributed by atoms with E-state index in [9.17, 15) is 0 Å². The first-order chi connectivity index (χ1) is 7.72. The van der Waals surface area contributed by atoms with Crippen molar-refractivity contribution in [2.24, 2.45) is 11.7 Å². The van der Waals surface area contributed by atoms with E-state index in [1.54, 1.807) is 12.3 Å². The van der Waals surface area contributed by atoms with Crippen molar-refractivity contribution in [1.29, 1.82) is 5.26 Å². The van der Waals surface area contributed by atoms with Gasteiger partial charge in [-0.15, -0.1) is 0 Å². The second-order valence-electron chi connectivity index (χ2n) is 4.34. The largest absolute Gasteiger partial charge is 0.355 e. The maximum Gasteiger partial charge on any atom is 0.146 e. The fraction of sp³-hybridized carbons (Fsp3) is 0.500. The molecular formula is C12H16N4. The maximum absolute atomic E-state index is 9.01. The number of hydrogen-bond acceptors (Lipinski definition) is 4. The van der Waals surface area contributed by atoms with E-state index in [0.717, 1.165) is 25.3 Å². The summed E-state index contributed by atoms with van der Waals surface area (Å²) in [6, 6.07) is 5.99. The van der Waals surface area contributed by atoms with Crippen LogP contribution in [0, 0.1) is 17.2 Å². The highest BCUT2D eigenvalue weighted by Gasteiger charge is 2.27.